The largest absolute Gasteiger partial charge is 0.376 e. The van der Waals surface area contributed by atoms with E-state index in [2.05, 4.69) is 26.7 Å². The predicted octanol–water partition coefficient (Wildman–Crippen LogP) is 3.86. The van der Waals surface area contributed by atoms with Crippen molar-refractivity contribution >= 4 is 16.6 Å². The van der Waals surface area contributed by atoms with Gasteiger partial charge in [0.15, 0.2) is 0 Å². The minimum Gasteiger partial charge on any atom is -0.376 e. The second-order valence-corrected chi connectivity index (χ2v) is 5.97. The number of nitrogens with zero attached hydrogens (tertiary/aromatic N) is 5. The van der Waals surface area contributed by atoms with E-state index in [0.717, 1.165) is 28.0 Å². The van der Waals surface area contributed by atoms with Crippen LogP contribution in [0.25, 0.3) is 16.6 Å². The number of nitriles is 1. The molecule has 2 aromatic carbocycles. The highest BCUT2D eigenvalue weighted by molar-refractivity contribution is 5.91. The average molecular weight is 340 g/mol. The Morgan fingerprint density at radius 3 is 2.65 bits per heavy atom. The minimum atomic E-state index is -0.0789. The Morgan fingerprint density at radius 2 is 1.85 bits per heavy atom. The number of nitrogens with one attached hydrogen (secondary N) is 1. The van der Waals surface area contributed by atoms with Gasteiger partial charge in [-0.2, -0.15) is 5.26 Å². The van der Waals surface area contributed by atoms with Gasteiger partial charge in [-0.3, -0.25) is 0 Å². The first-order chi connectivity index (χ1) is 12.7. The molecule has 0 saturated heterocycles. The van der Waals surface area contributed by atoms with Crippen molar-refractivity contribution < 1.29 is 0 Å². The normalized spacial score (nSPS) is 11.8. The molecule has 4 rings (SSSR count). The average Bonchev–Trinajstić information content (AvgIpc) is 3.19. The molecule has 126 valence electrons. The fourth-order valence-corrected chi connectivity index (χ4v) is 2.84. The quantitative estimate of drug-likeness (QED) is 0.610. The Balaban J connectivity index is 1.65. The standard InChI is InChI=1S/C20H16N6/c1-14(20-13-26(25-24-20)16-7-3-2-4-8-16)22-19-11-15(12-21)23-18-10-6-5-9-17(18)19/h2-11,13-14H,1H3,(H,22,23). The Labute approximate surface area is 150 Å². The molecular weight excluding hydrogens is 324 g/mol. The highest BCUT2D eigenvalue weighted by Gasteiger charge is 2.13. The van der Waals surface area contributed by atoms with E-state index in [1.54, 1.807) is 10.7 Å². The summed E-state index contributed by atoms with van der Waals surface area (Å²) >= 11 is 0. The van der Waals surface area contributed by atoms with E-state index in [-0.39, 0.29) is 6.04 Å². The number of anilines is 1. The zero-order valence-electron chi connectivity index (χ0n) is 14.2. The van der Waals surface area contributed by atoms with Gasteiger partial charge in [0.1, 0.15) is 17.5 Å². The summed E-state index contributed by atoms with van der Waals surface area (Å²) < 4.78 is 1.75. The van der Waals surface area contributed by atoms with Gasteiger partial charge in [0, 0.05) is 11.1 Å². The summed E-state index contributed by atoms with van der Waals surface area (Å²) in [6, 6.07) is 21.4. The van der Waals surface area contributed by atoms with Crippen molar-refractivity contribution in [2.24, 2.45) is 0 Å². The van der Waals surface area contributed by atoms with E-state index in [4.69, 9.17) is 0 Å². The Kier molecular flexibility index (Phi) is 4.04. The van der Waals surface area contributed by atoms with Crippen LogP contribution in [0.1, 0.15) is 24.4 Å². The molecule has 0 aliphatic heterocycles. The number of fused-ring (bicyclic) bond motifs is 1. The first kappa shape index (κ1) is 15.8. The molecule has 0 saturated carbocycles. The fraction of sp³-hybridized carbons (Fsp3) is 0.100. The van der Waals surface area contributed by atoms with Crippen LogP contribution in [-0.4, -0.2) is 20.0 Å². The lowest BCUT2D eigenvalue weighted by Crippen LogP contribution is -2.08. The minimum absolute atomic E-state index is 0.0789. The maximum absolute atomic E-state index is 9.24. The molecule has 0 aliphatic rings. The molecule has 1 atom stereocenters. The van der Waals surface area contributed by atoms with Crippen LogP contribution in [0.15, 0.2) is 66.9 Å². The van der Waals surface area contributed by atoms with Gasteiger partial charge in [0.05, 0.1) is 23.4 Å². The van der Waals surface area contributed by atoms with Gasteiger partial charge >= 0.3 is 0 Å². The maximum Gasteiger partial charge on any atom is 0.143 e. The van der Waals surface area contributed by atoms with Crippen molar-refractivity contribution in [2.75, 3.05) is 5.32 Å². The maximum atomic E-state index is 9.24. The molecule has 0 bridgehead atoms. The fourth-order valence-electron chi connectivity index (χ4n) is 2.84. The third-order valence-corrected chi connectivity index (χ3v) is 4.18. The smallest absolute Gasteiger partial charge is 0.143 e. The third kappa shape index (κ3) is 2.98. The number of para-hydroxylation sites is 2. The molecule has 0 fully saturated rings. The molecule has 1 unspecified atom stereocenters. The molecule has 2 heterocycles. The molecule has 1 N–H and O–H groups in total. The third-order valence-electron chi connectivity index (χ3n) is 4.18. The van der Waals surface area contributed by atoms with Crippen LogP contribution in [0, 0.1) is 11.3 Å². The lowest BCUT2D eigenvalue weighted by molar-refractivity contribution is 0.781. The zero-order chi connectivity index (χ0) is 17.9. The van der Waals surface area contributed by atoms with Crippen molar-refractivity contribution in [1.29, 1.82) is 5.26 Å². The highest BCUT2D eigenvalue weighted by atomic mass is 15.4. The zero-order valence-corrected chi connectivity index (χ0v) is 14.2. The van der Waals surface area contributed by atoms with Crippen LogP contribution in [0.3, 0.4) is 0 Å². The molecule has 4 aromatic rings. The molecule has 0 amide bonds. The molecule has 6 heteroatoms. The topological polar surface area (TPSA) is 79.4 Å². The van der Waals surface area contributed by atoms with E-state index in [0.29, 0.717) is 5.69 Å². The molecule has 0 spiro atoms. The molecule has 0 radical (unpaired) electrons. The Hall–Kier alpha value is -3.72. The van der Waals surface area contributed by atoms with Gasteiger partial charge < -0.3 is 5.32 Å². The SMILES string of the molecule is CC(Nc1cc(C#N)nc2ccccc12)c1cn(-c2ccccc2)nn1. The van der Waals surface area contributed by atoms with Crippen LogP contribution >= 0.6 is 0 Å². The molecule has 2 aromatic heterocycles. The summed E-state index contributed by atoms with van der Waals surface area (Å²) in [5.41, 5.74) is 3.79. The van der Waals surface area contributed by atoms with E-state index in [1.807, 2.05) is 67.7 Å². The van der Waals surface area contributed by atoms with Gasteiger partial charge in [0.25, 0.3) is 0 Å². The van der Waals surface area contributed by atoms with Crippen LogP contribution in [0.4, 0.5) is 5.69 Å². The van der Waals surface area contributed by atoms with Gasteiger partial charge in [0.2, 0.25) is 0 Å². The lowest BCUT2D eigenvalue weighted by atomic mass is 10.1. The van der Waals surface area contributed by atoms with Crippen molar-refractivity contribution in [3.8, 4) is 11.8 Å². The van der Waals surface area contributed by atoms with Crippen LogP contribution in [0.5, 0.6) is 0 Å². The number of hydrogen-bond donors (Lipinski definition) is 1. The Bertz CT molecular complexity index is 1090. The summed E-state index contributed by atoms with van der Waals surface area (Å²) in [7, 11) is 0. The molecule has 0 aliphatic carbocycles. The Morgan fingerprint density at radius 1 is 1.08 bits per heavy atom. The van der Waals surface area contributed by atoms with Crippen molar-refractivity contribution in [1.82, 2.24) is 20.0 Å². The van der Waals surface area contributed by atoms with E-state index >= 15 is 0 Å². The van der Waals surface area contributed by atoms with Crippen LogP contribution < -0.4 is 5.32 Å². The summed E-state index contributed by atoms with van der Waals surface area (Å²) in [5, 5.41) is 22.1. The van der Waals surface area contributed by atoms with Crippen molar-refractivity contribution in [3.63, 3.8) is 0 Å². The molecule has 6 nitrogen and oxygen atoms in total. The first-order valence-electron chi connectivity index (χ1n) is 8.28. The number of aromatic nitrogens is 4. The second-order valence-electron chi connectivity index (χ2n) is 5.97. The molecule has 26 heavy (non-hydrogen) atoms. The highest BCUT2D eigenvalue weighted by Crippen LogP contribution is 2.26. The van der Waals surface area contributed by atoms with Crippen LogP contribution in [0.2, 0.25) is 0 Å². The lowest BCUT2D eigenvalue weighted by Gasteiger charge is -2.15. The number of rotatable bonds is 4. The summed E-state index contributed by atoms with van der Waals surface area (Å²) in [6.45, 7) is 2.01. The van der Waals surface area contributed by atoms with Gasteiger partial charge in [-0.15, -0.1) is 5.10 Å². The van der Waals surface area contributed by atoms with Crippen molar-refractivity contribution in [2.45, 2.75) is 13.0 Å². The predicted molar refractivity (Wildman–Crippen MR) is 99.9 cm³/mol. The second kappa shape index (κ2) is 6.65. The van der Waals surface area contributed by atoms with Gasteiger partial charge in [-0.1, -0.05) is 41.6 Å². The van der Waals surface area contributed by atoms with Crippen LogP contribution in [-0.2, 0) is 0 Å². The monoisotopic (exact) mass is 340 g/mol. The number of pyridine rings is 1. The van der Waals surface area contributed by atoms with Crippen molar-refractivity contribution in [3.05, 3.63) is 78.2 Å². The first-order valence-corrected chi connectivity index (χ1v) is 8.28. The number of hydrogen-bond acceptors (Lipinski definition) is 5. The summed E-state index contributed by atoms with van der Waals surface area (Å²) in [6.07, 6.45) is 1.90. The van der Waals surface area contributed by atoms with E-state index in [1.165, 1.54) is 0 Å². The van der Waals surface area contributed by atoms with E-state index in [9.17, 15) is 5.26 Å². The molecular formula is C20H16N6. The summed E-state index contributed by atoms with van der Waals surface area (Å²) in [5.74, 6) is 0. The number of benzene rings is 2. The van der Waals surface area contributed by atoms with E-state index < -0.39 is 0 Å². The van der Waals surface area contributed by atoms with Gasteiger partial charge in [-0.25, -0.2) is 9.67 Å². The summed E-state index contributed by atoms with van der Waals surface area (Å²) in [4.78, 5) is 4.34. The van der Waals surface area contributed by atoms with Gasteiger partial charge in [-0.05, 0) is 31.2 Å².